The Morgan fingerprint density at radius 1 is 1.13 bits per heavy atom. The van der Waals surface area contributed by atoms with Crippen LogP contribution in [-0.2, 0) is 31.3 Å². The van der Waals surface area contributed by atoms with Crippen LogP contribution in [0.1, 0.15) is 37.3 Å². The molecule has 2 saturated heterocycles. The SMILES string of the molecule is COc1ccc2c(c1)[C@@]1(O[C@H](CC(=O)N3CCC[C@H]3CO)[C@@H]([Si](C)(C)F)[C@@H]1C)C(=O)N2Cc1ccc(N(C=O)c2ccccc2)cc1. The number of ether oxygens (including phenoxy) is 2. The second-order valence-electron chi connectivity index (χ2n) is 13.3. The van der Waals surface area contributed by atoms with Gasteiger partial charge in [0.1, 0.15) is 5.75 Å². The van der Waals surface area contributed by atoms with E-state index in [1.54, 1.807) is 47.0 Å². The van der Waals surface area contributed by atoms with Crippen molar-refractivity contribution in [3.8, 4) is 5.75 Å². The molecule has 2 fully saturated rings. The Balaban J connectivity index is 1.33. The minimum atomic E-state index is -3.47. The van der Waals surface area contributed by atoms with Gasteiger partial charge in [0.15, 0.2) is 5.60 Å². The number of halogens is 1. The summed E-state index contributed by atoms with van der Waals surface area (Å²) in [4.78, 5) is 45.2. The molecule has 0 unspecified atom stereocenters. The van der Waals surface area contributed by atoms with Crippen LogP contribution in [0.5, 0.6) is 5.75 Å². The van der Waals surface area contributed by atoms with Crippen LogP contribution < -0.4 is 14.5 Å². The van der Waals surface area contributed by atoms with E-state index in [0.29, 0.717) is 29.2 Å². The van der Waals surface area contributed by atoms with Crippen LogP contribution in [0.15, 0.2) is 72.8 Å². The number of carbonyl (C=O) groups excluding carboxylic acids is 3. The molecular formula is C36H42FN3O6Si. The number of benzene rings is 3. The van der Waals surface area contributed by atoms with Gasteiger partial charge in [-0.3, -0.25) is 19.3 Å². The molecule has 3 aliphatic rings. The number of amides is 3. The summed E-state index contributed by atoms with van der Waals surface area (Å²) in [7, 11) is -1.92. The number of para-hydroxylation sites is 1. The summed E-state index contributed by atoms with van der Waals surface area (Å²) in [6, 6.07) is 21.9. The van der Waals surface area contributed by atoms with E-state index in [-0.39, 0.29) is 37.4 Å². The zero-order chi connectivity index (χ0) is 33.5. The maximum Gasteiger partial charge on any atom is 0.264 e. The Bertz CT molecular complexity index is 1630. The van der Waals surface area contributed by atoms with Crippen LogP contribution in [0.3, 0.4) is 0 Å². The van der Waals surface area contributed by atoms with Crippen LogP contribution in [0.2, 0.25) is 18.6 Å². The summed E-state index contributed by atoms with van der Waals surface area (Å²) in [5.41, 5.74) is 1.38. The maximum atomic E-state index is 16.3. The molecular weight excluding hydrogens is 617 g/mol. The van der Waals surface area contributed by atoms with Gasteiger partial charge in [0.05, 0.1) is 44.5 Å². The highest BCUT2D eigenvalue weighted by Crippen LogP contribution is 2.60. The normalized spacial score (nSPS) is 25.4. The second-order valence-corrected chi connectivity index (χ2v) is 17.1. The third kappa shape index (κ3) is 5.74. The van der Waals surface area contributed by atoms with Crippen molar-refractivity contribution in [3.05, 3.63) is 83.9 Å². The molecule has 1 N–H and O–H groups in total. The molecule has 0 aromatic heterocycles. The molecule has 3 amide bonds. The number of hydrogen-bond acceptors (Lipinski definition) is 6. The molecule has 5 atom stereocenters. The van der Waals surface area contributed by atoms with Crippen LogP contribution in [0, 0.1) is 5.92 Å². The van der Waals surface area contributed by atoms with E-state index in [1.807, 2.05) is 67.6 Å². The lowest BCUT2D eigenvalue weighted by molar-refractivity contribution is -0.150. The van der Waals surface area contributed by atoms with Crippen molar-refractivity contribution in [1.29, 1.82) is 0 Å². The third-order valence-electron chi connectivity index (χ3n) is 10.1. The monoisotopic (exact) mass is 659 g/mol. The van der Waals surface area contributed by atoms with E-state index in [0.717, 1.165) is 30.5 Å². The third-order valence-corrected chi connectivity index (χ3v) is 12.6. The average Bonchev–Trinajstić information content (AvgIpc) is 3.73. The van der Waals surface area contributed by atoms with E-state index in [2.05, 4.69) is 0 Å². The number of aliphatic hydroxyl groups excluding tert-OH is 1. The minimum absolute atomic E-state index is 0.0592. The molecule has 6 rings (SSSR count). The zero-order valence-electron chi connectivity index (χ0n) is 27.3. The van der Waals surface area contributed by atoms with Crippen LogP contribution in [0.4, 0.5) is 21.2 Å². The number of hydrogen-bond donors (Lipinski definition) is 1. The van der Waals surface area contributed by atoms with E-state index in [4.69, 9.17) is 9.47 Å². The quantitative estimate of drug-likeness (QED) is 0.171. The first-order valence-corrected chi connectivity index (χ1v) is 19.1. The highest BCUT2D eigenvalue weighted by Gasteiger charge is 2.67. The highest BCUT2D eigenvalue weighted by molar-refractivity contribution is 6.72. The van der Waals surface area contributed by atoms with Gasteiger partial charge in [0.25, 0.3) is 5.91 Å². The smallest absolute Gasteiger partial charge is 0.264 e. The van der Waals surface area contributed by atoms with Gasteiger partial charge < -0.3 is 28.5 Å². The second kappa shape index (κ2) is 12.9. The summed E-state index contributed by atoms with van der Waals surface area (Å²) < 4.78 is 28.6. The van der Waals surface area contributed by atoms with Crippen molar-refractivity contribution < 1.29 is 33.1 Å². The number of likely N-dealkylation sites (tertiary alicyclic amines) is 1. The van der Waals surface area contributed by atoms with Gasteiger partial charge in [-0.2, -0.15) is 0 Å². The number of aliphatic hydroxyl groups is 1. The number of anilines is 3. The Hall–Kier alpha value is -4.06. The van der Waals surface area contributed by atoms with Gasteiger partial charge in [0, 0.05) is 34.9 Å². The molecule has 0 bridgehead atoms. The molecule has 3 aliphatic heterocycles. The first kappa shape index (κ1) is 32.9. The number of rotatable bonds is 10. The maximum absolute atomic E-state index is 16.3. The fourth-order valence-electron chi connectivity index (χ4n) is 7.96. The predicted octanol–water partition coefficient (Wildman–Crippen LogP) is 5.68. The minimum Gasteiger partial charge on any atom is -0.497 e. The molecule has 9 nitrogen and oxygen atoms in total. The number of carbonyl (C=O) groups is 3. The Kier molecular flexibility index (Phi) is 8.99. The molecule has 0 radical (unpaired) electrons. The summed E-state index contributed by atoms with van der Waals surface area (Å²) in [5.74, 6) is -0.503. The fourth-order valence-corrected chi connectivity index (χ4v) is 10.5. The molecule has 248 valence electrons. The predicted molar refractivity (Wildman–Crippen MR) is 180 cm³/mol. The molecule has 11 heteroatoms. The molecule has 0 aliphatic carbocycles. The topological polar surface area (TPSA) is 99.6 Å². The van der Waals surface area contributed by atoms with E-state index in [9.17, 15) is 19.5 Å². The lowest BCUT2D eigenvalue weighted by Crippen LogP contribution is -2.45. The largest absolute Gasteiger partial charge is 0.497 e. The standard InChI is InChI=1S/C36H42FN3O6Si/c1-24-34(47(3,4)37)32(20-33(43)38-18-8-11-28(38)22-41)46-36(24)30-19-29(45-2)16-17-31(30)39(35(36)44)21-25-12-14-27(15-13-25)40(23-42)26-9-6-5-7-10-26/h5-7,9-10,12-17,19,23-24,28,32,34,41H,8,11,18,20-22H2,1-4H3/t24-,28-,32+,34-,36+/m0/s1. The fraction of sp³-hybridized carbons (Fsp3) is 0.417. The Morgan fingerprint density at radius 3 is 2.47 bits per heavy atom. The van der Waals surface area contributed by atoms with Gasteiger partial charge in [-0.05, 0) is 74.0 Å². The summed E-state index contributed by atoms with van der Waals surface area (Å²) in [6.45, 7) is 5.74. The van der Waals surface area contributed by atoms with E-state index in [1.165, 1.54) is 0 Å². The number of nitrogens with zero attached hydrogens (tertiary/aromatic N) is 3. The van der Waals surface area contributed by atoms with Gasteiger partial charge in [-0.25, -0.2) is 0 Å². The first-order chi connectivity index (χ1) is 22.5. The average molecular weight is 660 g/mol. The van der Waals surface area contributed by atoms with Crippen molar-refractivity contribution in [1.82, 2.24) is 4.90 Å². The summed E-state index contributed by atoms with van der Waals surface area (Å²) in [5, 5.41) is 9.83. The lowest BCUT2D eigenvalue weighted by atomic mass is 9.82. The van der Waals surface area contributed by atoms with E-state index >= 15 is 4.11 Å². The zero-order valence-corrected chi connectivity index (χ0v) is 28.3. The van der Waals surface area contributed by atoms with Crippen LogP contribution in [-0.4, -0.2) is 69.0 Å². The summed E-state index contributed by atoms with van der Waals surface area (Å²) >= 11 is 0. The molecule has 0 saturated carbocycles. The van der Waals surface area contributed by atoms with Gasteiger partial charge >= 0.3 is 0 Å². The van der Waals surface area contributed by atoms with Crippen molar-refractivity contribution in [2.45, 2.75) is 69.1 Å². The highest BCUT2D eigenvalue weighted by atomic mass is 28.4. The van der Waals surface area contributed by atoms with Crippen molar-refractivity contribution >= 4 is 43.7 Å². The molecule has 1 spiro atoms. The molecule has 3 heterocycles. The first-order valence-electron chi connectivity index (χ1n) is 16.2. The molecule has 3 aromatic rings. The Labute approximate surface area is 276 Å². The Morgan fingerprint density at radius 2 is 1.83 bits per heavy atom. The number of methoxy groups -OCH3 is 1. The van der Waals surface area contributed by atoms with Gasteiger partial charge in [-0.15, -0.1) is 0 Å². The lowest BCUT2D eigenvalue weighted by Gasteiger charge is -2.31. The molecule has 3 aromatic carbocycles. The van der Waals surface area contributed by atoms with Crippen molar-refractivity contribution in [3.63, 3.8) is 0 Å². The van der Waals surface area contributed by atoms with Crippen molar-refractivity contribution in [2.24, 2.45) is 5.92 Å². The summed E-state index contributed by atoms with van der Waals surface area (Å²) in [6.07, 6.45) is 1.43. The van der Waals surface area contributed by atoms with Gasteiger partial charge in [0.2, 0.25) is 20.7 Å². The van der Waals surface area contributed by atoms with Crippen molar-refractivity contribution in [2.75, 3.05) is 30.1 Å². The van der Waals surface area contributed by atoms with Crippen LogP contribution in [0.25, 0.3) is 0 Å². The van der Waals surface area contributed by atoms with Crippen LogP contribution >= 0.6 is 0 Å². The number of fused-ring (bicyclic) bond motifs is 2. The molecule has 47 heavy (non-hydrogen) atoms. The van der Waals surface area contributed by atoms with E-state index < -0.39 is 31.6 Å². The van der Waals surface area contributed by atoms with Gasteiger partial charge in [-0.1, -0.05) is 37.3 Å².